The van der Waals surface area contributed by atoms with Gasteiger partial charge in [0, 0.05) is 14.0 Å². The second kappa shape index (κ2) is 9.99. The molecule has 0 radical (unpaired) electrons. The van der Waals surface area contributed by atoms with Crippen LogP contribution >= 0.6 is 0 Å². The molecular weight excluding hydrogens is 514 g/mol. The molecule has 2 aromatic carbocycles. The number of ether oxygens (including phenoxy) is 3. The molecule has 0 spiro atoms. The number of carbonyl (C=O) groups excluding carboxylic acids is 2. The Hall–Kier alpha value is -4.10. The molecule has 38 heavy (non-hydrogen) atoms. The van der Waals surface area contributed by atoms with Gasteiger partial charge in [-0.05, 0) is 40.1 Å². The number of carbonyl (C=O) groups is 2. The van der Waals surface area contributed by atoms with Gasteiger partial charge in [0.25, 0.3) is 5.91 Å². The van der Waals surface area contributed by atoms with E-state index in [1.165, 1.54) is 18.7 Å². The van der Waals surface area contributed by atoms with Crippen molar-refractivity contribution >= 4 is 27.4 Å². The Labute approximate surface area is 218 Å². The number of esters is 1. The Balaban J connectivity index is 1.67. The van der Waals surface area contributed by atoms with Crippen molar-refractivity contribution in [1.29, 1.82) is 0 Å². The molecular formula is C25H25N5O7S. The molecule has 3 heterocycles. The number of aromatic nitrogens is 4. The van der Waals surface area contributed by atoms with Gasteiger partial charge in [0.15, 0.2) is 27.1 Å². The Morgan fingerprint density at radius 1 is 1.03 bits per heavy atom. The third kappa shape index (κ3) is 4.33. The van der Waals surface area contributed by atoms with E-state index in [9.17, 15) is 18.0 Å². The number of rotatable bonds is 8. The second-order valence-corrected chi connectivity index (χ2v) is 11.1. The summed E-state index contributed by atoms with van der Waals surface area (Å²) < 4.78 is 45.2. The normalized spacial score (nSPS) is 22.0. The van der Waals surface area contributed by atoms with E-state index in [-0.39, 0.29) is 30.2 Å². The first-order valence-electron chi connectivity index (χ1n) is 11.7. The first kappa shape index (κ1) is 25.5. The number of hydrogen-bond acceptors (Lipinski definition) is 10. The van der Waals surface area contributed by atoms with Gasteiger partial charge >= 0.3 is 5.97 Å². The molecule has 2 aliphatic heterocycles. The number of sulfone groups is 1. The summed E-state index contributed by atoms with van der Waals surface area (Å²) in [4.78, 5) is 26.4. The third-order valence-electron chi connectivity index (χ3n) is 6.50. The molecule has 2 aliphatic rings. The highest BCUT2D eigenvalue weighted by Crippen LogP contribution is 2.45. The van der Waals surface area contributed by atoms with Crippen LogP contribution in [0.4, 0.5) is 0 Å². The van der Waals surface area contributed by atoms with Gasteiger partial charge in [-0.3, -0.25) is 14.5 Å². The van der Waals surface area contributed by atoms with Crippen molar-refractivity contribution in [3.63, 3.8) is 0 Å². The molecule has 0 saturated carbocycles. The summed E-state index contributed by atoms with van der Waals surface area (Å²) >= 11 is 0. The molecule has 1 amide bonds. The van der Waals surface area contributed by atoms with E-state index in [0.29, 0.717) is 11.3 Å². The van der Waals surface area contributed by atoms with Gasteiger partial charge in [-0.2, -0.15) is 0 Å². The summed E-state index contributed by atoms with van der Waals surface area (Å²) in [7, 11) is -1.26. The zero-order valence-corrected chi connectivity index (χ0v) is 21.7. The third-order valence-corrected chi connectivity index (χ3v) is 8.81. The summed E-state index contributed by atoms with van der Waals surface area (Å²) in [6, 6.07) is 16.2. The minimum atomic E-state index is -4.10. The van der Waals surface area contributed by atoms with Crippen molar-refractivity contribution < 1.29 is 32.2 Å². The van der Waals surface area contributed by atoms with Crippen molar-refractivity contribution in [2.75, 3.05) is 14.2 Å². The quantitative estimate of drug-likeness (QED) is 0.302. The maximum atomic E-state index is 13.9. The number of fused-ring (bicyclic) bond motifs is 1. The van der Waals surface area contributed by atoms with E-state index in [0.717, 1.165) is 10.5 Å². The standard InChI is InChI=1S/C25H25N5O7S/c1-15(31)37-21-19(13-16-7-5-4-6-8-16)38(33,34)25-22(36-3)24(32)30(25)20(21)23-26-27-28-29(23)14-17-9-11-18(35-2)12-10-17/h4-12,19,22,25H,13-14H2,1-3H3/t19?,22-,25+/m0/s1. The van der Waals surface area contributed by atoms with Crippen LogP contribution in [0, 0.1) is 0 Å². The first-order chi connectivity index (χ1) is 18.3. The van der Waals surface area contributed by atoms with Crippen LogP contribution in [0.15, 0.2) is 60.4 Å². The van der Waals surface area contributed by atoms with Crippen molar-refractivity contribution in [1.82, 2.24) is 25.1 Å². The molecule has 3 atom stereocenters. The predicted octanol–water partition coefficient (Wildman–Crippen LogP) is 1.18. The van der Waals surface area contributed by atoms with E-state index < -0.39 is 38.4 Å². The summed E-state index contributed by atoms with van der Waals surface area (Å²) in [5, 5.41) is 9.35. The summed E-state index contributed by atoms with van der Waals surface area (Å²) in [6.45, 7) is 1.36. The highest BCUT2D eigenvalue weighted by atomic mass is 32.2. The lowest BCUT2D eigenvalue weighted by atomic mass is 10.0. The minimum Gasteiger partial charge on any atom is -0.497 e. The largest absolute Gasteiger partial charge is 0.497 e. The van der Waals surface area contributed by atoms with Crippen molar-refractivity contribution in [3.05, 3.63) is 77.3 Å². The molecule has 13 heteroatoms. The zero-order valence-electron chi connectivity index (χ0n) is 20.8. The summed E-state index contributed by atoms with van der Waals surface area (Å²) in [5.74, 6) is -0.789. The maximum absolute atomic E-state index is 13.9. The topological polar surface area (TPSA) is 143 Å². The number of benzene rings is 2. The number of hydrogen-bond donors (Lipinski definition) is 0. The fraction of sp³-hybridized carbons (Fsp3) is 0.320. The fourth-order valence-corrected chi connectivity index (χ4v) is 7.00. The van der Waals surface area contributed by atoms with Crippen molar-refractivity contribution in [2.24, 2.45) is 0 Å². The predicted molar refractivity (Wildman–Crippen MR) is 133 cm³/mol. The van der Waals surface area contributed by atoms with E-state index >= 15 is 0 Å². The number of nitrogens with zero attached hydrogens (tertiary/aromatic N) is 5. The van der Waals surface area contributed by atoms with Crippen LogP contribution < -0.4 is 4.74 Å². The van der Waals surface area contributed by atoms with Crippen LogP contribution in [0.1, 0.15) is 23.9 Å². The Morgan fingerprint density at radius 3 is 2.37 bits per heavy atom. The molecule has 0 aliphatic carbocycles. The Kier molecular flexibility index (Phi) is 6.71. The van der Waals surface area contributed by atoms with Crippen LogP contribution in [0.5, 0.6) is 5.75 Å². The summed E-state index contributed by atoms with van der Waals surface area (Å²) in [6.07, 6.45) is -1.21. The Morgan fingerprint density at radius 2 is 1.74 bits per heavy atom. The highest BCUT2D eigenvalue weighted by molar-refractivity contribution is 7.93. The number of β-lactam (4-membered cyclic amide) rings is 1. The van der Waals surface area contributed by atoms with Gasteiger partial charge in [0.2, 0.25) is 5.82 Å². The lowest BCUT2D eigenvalue weighted by molar-refractivity contribution is -0.157. The average molecular weight is 540 g/mol. The van der Waals surface area contributed by atoms with Crippen molar-refractivity contribution in [3.8, 4) is 5.75 Å². The average Bonchev–Trinajstić information content (AvgIpc) is 3.35. The monoisotopic (exact) mass is 539 g/mol. The maximum Gasteiger partial charge on any atom is 0.307 e. The molecule has 5 rings (SSSR count). The van der Waals surface area contributed by atoms with E-state index in [4.69, 9.17) is 14.2 Å². The van der Waals surface area contributed by atoms with Crippen LogP contribution in [0.25, 0.3) is 5.70 Å². The van der Waals surface area contributed by atoms with Crippen LogP contribution in [0.3, 0.4) is 0 Å². The van der Waals surface area contributed by atoms with E-state index in [2.05, 4.69) is 15.5 Å². The number of amides is 1. The van der Waals surface area contributed by atoms with Crippen LogP contribution in [-0.4, -0.2) is 76.3 Å². The lowest BCUT2D eigenvalue weighted by Gasteiger charge is -2.50. The lowest BCUT2D eigenvalue weighted by Crippen LogP contribution is -2.71. The molecule has 198 valence electrons. The Bertz CT molecular complexity index is 1500. The minimum absolute atomic E-state index is 0.00426. The van der Waals surface area contributed by atoms with Gasteiger partial charge in [-0.1, -0.05) is 42.5 Å². The highest BCUT2D eigenvalue weighted by Gasteiger charge is 2.64. The van der Waals surface area contributed by atoms with Gasteiger partial charge in [0.1, 0.15) is 16.7 Å². The molecule has 1 aromatic heterocycles. The SMILES string of the molecule is COc1ccc(Cn2nnnc2C2=C(OC(C)=O)C(Cc3ccccc3)S(=O)(=O)[C@@H]3[C@@H](OC)C(=O)N23)cc1. The molecule has 12 nitrogen and oxygen atoms in total. The van der Waals surface area contributed by atoms with E-state index in [1.54, 1.807) is 43.5 Å². The van der Waals surface area contributed by atoms with Gasteiger partial charge in [-0.15, -0.1) is 5.10 Å². The van der Waals surface area contributed by atoms with E-state index in [1.807, 2.05) is 18.2 Å². The molecule has 3 aromatic rings. The molecule has 1 saturated heterocycles. The van der Waals surface area contributed by atoms with Crippen LogP contribution in [-0.2, 0) is 41.9 Å². The summed E-state index contributed by atoms with van der Waals surface area (Å²) in [5.41, 5.74) is 1.55. The number of tetrazole rings is 1. The fourth-order valence-electron chi connectivity index (χ4n) is 4.71. The van der Waals surface area contributed by atoms with Gasteiger partial charge < -0.3 is 14.2 Å². The van der Waals surface area contributed by atoms with Crippen molar-refractivity contribution in [2.45, 2.75) is 36.6 Å². The van der Waals surface area contributed by atoms with Gasteiger partial charge in [0.05, 0.1) is 13.7 Å². The second-order valence-electron chi connectivity index (χ2n) is 8.84. The smallest absolute Gasteiger partial charge is 0.307 e. The molecule has 0 N–H and O–H groups in total. The van der Waals surface area contributed by atoms with Gasteiger partial charge in [-0.25, -0.2) is 13.1 Å². The molecule has 1 fully saturated rings. The number of methoxy groups -OCH3 is 2. The zero-order chi connectivity index (χ0) is 27.0. The van der Waals surface area contributed by atoms with Crippen LogP contribution in [0.2, 0.25) is 0 Å². The first-order valence-corrected chi connectivity index (χ1v) is 13.3. The molecule has 1 unspecified atom stereocenters. The molecule has 0 bridgehead atoms.